The molecule has 0 saturated heterocycles. The summed E-state index contributed by atoms with van der Waals surface area (Å²) in [5.74, 6) is 0. The zero-order valence-electron chi connectivity index (χ0n) is 19.1. The molecule has 0 saturated carbocycles. The van der Waals surface area contributed by atoms with Gasteiger partial charge in [0.1, 0.15) is 0 Å². The molecule has 3 aromatic carbocycles. The second-order valence-electron chi connectivity index (χ2n) is 7.55. The minimum Gasteiger partial charge on any atom is -0.106 e. The number of hydrogen-bond acceptors (Lipinski definition) is 0. The molecule has 30 heavy (non-hydrogen) atoms. The van der Waals surface area contributed by atoms with Crippen molar-refractivity contribution >= 4 is 33.9 Å². The van der Waals surface area contributed by atoms with Crippen molar-refractivity contribution in [2.24, 2.45) is 0 Å². The zero-order valence-corrected chi connectivity index (χ0v) is 22.1. The highest BCUT2D eigenvalue weighted by Crippen LogP contribution is 2.12. The van der Waals surface area contributed by atoms with Crippen molar-refractivity contribution in [1.29, 1.82) is 0 Å². The van der Waals surface area contributed by atoms with E-state index in [0.29, 0.717) is 0 Å². The van der Waals surface area contributed by atoms with Gasteiger partial charge in [-0.1, -0.05) is 128 Å². The van der Waals surface area contributed by atoms with Gasteiger partial charge in [0, 0.05) is 10.2 Å². The Morgan fingerprint density at radius 2 is 1.00 bits per heavy atom. The summed E-state index contributed by atoms with van der Waals surface area (Å²) in [6.07, 6.45) is 3.82. The van der Waals surface area contributed by atoms with E-state index in [-0.39, 0.29) is 0 Å². The summed E-state index contributed by atoms with van der Waals surface area (Å²) in [6, 6.07) is 32.3. The maximum Gasteiger partial charge on any atom is 0.171 e. The Labute approximate surface area is 187 Å². The highest BCUT2D eigenvalue weighted by Gasteiger charge is 2.35. The molecule has 2 heteroatoms. The van der Waals surface area contributed by atoms with Crippen molar-refractivity contribution in [2.75, 3.05) is 0 Å². The molecule has 0 nitrogen and oxygen atoms in total. The Morgan fingerprint density at radius 3 is 1.20 bits per heavy atom. The summed E-state index contributed by atoms with van der Waals surface area (Å²) in [4.78, 5) is 0. The second-order valence-corrected chi connectivity index (χ2v) is 12.5. The molecule has 0 aliphatic rings. The number of benzene rings is 3. The van der Waals surface area contributed by atoms with E-state index in [1.54, 1.807) is 10.8 Å². The van der Waals surface area contributed by atoms with Gasteiger partial charge in [0.05, 0.1) is 0 Å². The molecule has 0 heterocycles. The van der Waals surface area contributed by atoms with Crippen molar-refractivity contribution in [2.45, 2.75) is 40.0 Å². The molecule has 3 aromatic rings. The van der Waals surface area contributed by atoms with E-state index < -0.39 is 8.07 Å². The predicted octanol–water partition coefficient (Wildman–Crippen LogP) is 4.72. The van der Waals surface area contributed by atoms with Crippen LogP contribution >= 0.6 is 0 Å². The van der Waals surface area contributed by atoms with Gasteiger partial charge in [-0.05, 0) is 34.8 Å². The standard InChI is InChI=1S/C20H18Si.C8H18Si/c1-2-21(18-12-6-3-7-13-18,19-14-8-4-9-15-19)20-16-10-5-11-17-20;1-4-7(5-2)8(9)6-3/h2-17H,1H2;4-6H2,1-3,9H3. The lowest BCUT2D eigenvalue weighted by Gasteiger charge is -2.30. The fourth-order valence-electron chi connectivity index (χ4n) is 4.06. The van der Waals surface area contributed by atoms with Crippen LogP contribution < -0.4 is 15.6 Å². The molecule has 0 aliphatic heterocycles. The molecule has 0 spiro atoms. The van der Waals surface area contributed by atoms with E-state index in [1.807, 2.05) is 0 Å². The Bertz CT molecular complexity index is 810. The fraction of sp³-hybridized carbons (Fsp3) is 0.214. The number of hydrogen-bond donors (Lipinski definition) is 0. The maximum absolute atomic E-state index is 4.22. The van der Waals surface area contributed by atoms with Gasteiger partial charge in [-0.2, -0.15) is 0 Å². The molecular weight excluding hydrogens is 392 g/mol. The van der Waals surface area contributed by atoms with Crippen LogP contribution in [0.4, 0.5) is 0 Å². The third-order valence-corrected chi connectivity index (χ3v) is 11.7. The van der Waals surface area contributed by atoms with Gasteiger partial charge >= 0.3 is 0 Å². The summed E-state index contributed by atoms with van der Waals surface area (Å²) < 4.78 is 0. The molecule has 0 radical (unpaired) electrons. The van der Waals surface area contributed by atoms with Gasteiger partial charge in [-0.15, -0.1) is 6.58 Å². The summed E-state index contributed by atoms with van der Waals surface area (Å²) in [5, 5.41) is 5.84. The van der Waals surface area contributed by atoms with Gasteiger partial charge in [-0.3, -0.25) is 0 Å². The monoisotopic (exact) mass is 428 g/mol. The first kappa shape index (κ1) is 23.8. The largest absolute Gasteiger partial charge is 0.171 e. The van der Waals surface area contributed by atoms with Crippen molar-refractivity contribution in [3.05, 3.63) is 114 Å². The molecule has 3 rings (SSSR count). The van der Waals surface area contributed by atoms with Crippen molar-refractivity contribution in [3.8, 4) is 0 Å². The van der Waals surface area contributed by atoms with Crippen molar-refractivity contribution < 1.29 is 0 Å². The van der Waals surface area contributed by atoms with E-state index in [0.717, 1.165) is 0 Å². The molecule has 0 atom stereocenters. The Kier molecular flexibility index (Phi) is 9.79. The average Bonchev–Trinajstić information content (AvgIpc) is 2.83. The average molecular weight is 429 g/mol. The van der Waals surface area contributed by atoms with Gasteiger partial charge in [-0.25, -0.2) is 0 Å². The Hall–Kier alpha value is -2.43. The van der Waals surface area contributed by atoms with Gasteiger partial charge in [0.25, 0.3) is 0 Å². The summed E-state index contributed by atoms with van der Waals surface area (Å²) in [6.45, 7) is 11.0. The van der Waals surface area contributed by atoms with E-state index in [2.05, 4.69) is 124 Å². The molecule has 156 valence electrons. The smallest absolute Gasteiger partial charge is 0.106 e. The minimum absolute atomic E-state index is 1.27. The van der Waals surface area contributed by atoms with Crippen LogP contribution in [0.3, 0.4) is 0 Å². The maximum atomic E-state index is 4.22. The third kappa shape index (κ3) is 5.59. The molecule has 0 aromatic heterocycles. The topological polar surface area (TPSA) is 0 Å². The summed E-state index contributed by atoms with van der Waals surface area (Å²) >= 11 is 0. The Balaban J connectivity index is 0.000000303. The summed E-state index contributed by atoms with van der Waals surface area (Å²) in [5.41, 5.74) is 3.89. The molecule has 0 unspecified atom stereocenters. The minimum atomic E-state index is -2.13. The second kappa shape index (κ2) is 12.3. The normalized spacial score (nSPS) is 10.6. The summed E-state index contributed by atoms with van der Waals surface area (Å²) in [7, 11) is -0.862. The molecule has 0 aliphatic carbocycles. The van der Waals surface area contributed by atoms with Crippen molar-refractivity contribution in [1.82, 2.24) is 0 Å². The van der Waals surface area contributed by atoms with Crippen LogP contribution in [0.1, 0.15) is 40.0 Å². The van der Waals surface area contributed by atoms with Gasteiger partial charge in [0.15, 0.2) is 8.07 Å². The first-order valence-electron chi connectivity index (χ1n) is 11.1. The van der Waals surface area contributed by atoms with Crippen LogP contribution in [0.2, 0.25) is 0 Å². The fourth-order valence-corrected chi connectivity index (χ4v) is 8.63. The van der Waals surface area contributed by atoms with Crippen LogP contribution in [0.5, 0.6) is 0 Å². The molecular formula is C28H36Si2. The lowest BCUT2D eigenvalue weighted by molar-refractivity contribution is 0.944. The van der Waals surface area contributed by atoms with E-state index in [4.69, 9.17) is 0 Å². The van der Waals surface area contributed by atoms with E-state index in [1.165, 1.54) is 45.1 Å². The number of allylic oxidation sites excluding steroid dienone is 2. The van der Waals surface area contributed by atoms with Crippen LogP contribution in [-0.4, -0.2) is 18.3 Å². The van der Waals surface area contributed by atoms with Gasteiger partial charge in [0.2, 0.25) is 0 Å². The molecule has 0 bridgehead atoms. The van der Waals surface area contributed by atoms with E-state index >= 15 is 0 Å². The quantitative estimate of drug-likeness (QED) is 0.377. The van der Waals surface area contributed by atoms with Crippen molar-refractivity contribution in [3.63, 3.8) is 0 Å². The lowest BCUT2D eigenvalue weighted by Crippen LogP contribution is -2.65. The zero-order chi connectivity index (χ0) is 21.8. The van der Waals surface area contributed by atoms with Crippen LogP contribution in [0.15, 0.2) is 114 Å². The molecule has 0 amide bonds. The predicted molar refractivity (Wildman–Crippen MR) is 142 cm³/mol. The Morgan fingerprint density at radius 1 is 0.667 bits per heavy atom. The van der Waals surface area contributed by atoms with Crippen LogP contribution in [-0.2, 0) is 0 Å². The number of rotatable bonds is 7. The first-order valence-corrected chi connectivity index (χ1v) is 14.2. The third-order valence-electron chi connectivity index (χ3n) is 5.98. The first-order chi connectivity index (χ1) is 14.6. The van der Waals surface area contributed by atoms with Crippen LogP contribution in [0, 0.1) is 0 Å². The van der Waals surface area contributed by atoms with E-state index in [9.17, 15) is 0 Å². The highest BCUT2D eigenvalue weighted by molar-refractivity contribution is 7.14. The van der Waals surface area contributed by atoms with Gasteiger partial charge < -0.3 is 0 Å². The molecule has 0 N–H and O–H groups in total. The molecule has 0 fully saturated rings. The highest BCUT2D eigenvalue weighted by atomic mass is 28.3. The lowest BCUT2D eigenvalue weighted by atomic mass is 10.1. The SMILES string of the molecule is C=C[Si](c1ccccc1)(c1ccccc1)c1ccccc1.CCC([SiH3])=C(CC)CC. The van der Waals surface area contributed by atoms with Crippen LogP contribution in [0.25, 0.3) is 0 Å².